The summed E-state index contributed by atoms with van der Waals surface area (Å²) in [4.78, 5) is 12.2. The molecule has 1 fully saturated rings. The second-order valence-corrected chi connectivity index (χ2v) is 5.52. The van der Waals surface area contributed by atoms with Gasteiger partial charge >= 0.3 is 0 Å². The van der Waals surface area contributed by atoms with Crippen LogP contribution in [0.2, 0.25) is 5.02 Å². The highest BCUT2D eigenvalue weighted by molar-refractivity contribution is 6.33. The number of rotatable bonds is 2. The van der Waals surface area contributed by atoms with Crippen LogP contribution >= 0.6 is 11.6 Å². The summed E-state index contributed by atoms with van der Waals surface area (Å²) in [5.74, 6) is -2.07. The van der Waals surface area contributed by atoms with Crippen LogP contribution in [0.5, 0.6) is 0 Å². The molecular formula is C13H15ClF2N2O. The van der Waals surface area contributed by atoms with Gasteiger partial charge in [-0.3, -0.25) is 4.79 Å². The minimum atomic E-state index is -0.895. The van der Waals surface area contributed by atoms with E-state index < -0.39 is 17.0 Å². The van der Waals surface area contributed by atoms with Crippen molar-refractivity contribution in [1.82, 2.24) is 0 Å². The van der Waals surface area contributed by atoms with Gasteiger partial charge in [0.2, 0.25) is 5.91 Å². The molecule has 2 rings (SSSR count). The Balaban J connectivity index is 2.25. The third-order valence-electron chi connectivity index (χ3n) is 3.79. The summed E-state index contributed by atoms with van der Waals surface area (Å²) < 4.78 is 26.5. The summed E-state index contributed by atoms with van der Waals surface area (Å²) in [6, 6.07) is 1.37. The molecule has 2 unspecified atom stereocenters. The maximum Gasteiger partial charge on any atom is 0.231 e. The molecule has 6 heteroatoms. The van der Waals surface area contributed by atoms with Crippen LogP contribution < -0.4 is 11.1 Å². The summed E-state index contributed by atoms with van der Waals surface area (Å²) in [5.41, 5.74) is 4.97. The third-order valence-corrected chi connectivity index (χ3v) is 4.09. The van der Waals surface area contributed by atoms with Gasteiger partial charge in [0.15, 0.2) is 5.82 Å². The van der Waals surface area contributed by atoms with E-state index in [2.05, 4.69) is 5.32 Å². The standard InChI is InChI=1S/C13H15ClF2N2O/c1-13(4-2-3-10(13)17)12(19)18-11-8(14)5-7(15)6-9(11)16/h5-6,10H,2-4,17H2,1H3,(H,18,19). The number of anilines is 1. The molecule has 1 saturated carbocycles. The fraction of sp³-hybridized carbons (Fsp3) is 0.462. The van der Waals surface area contributed by atoms with Crippen LogP contribution in [0.25, 0.3) is 0 Å². The van der Waals surface area contributed by atoms with Gasteiger partial charge in [-0.15, -0.1) is 0 Å². The topological polar surface area (TPSA) is 55.1 Å². The number of benzene rings is 1. The number of hydrogen-bond donors (Lipinski definition) is 2. The molecule has 1 amide bonds. The maximum atomic E-state index is 13.6. The van der Waals surface area contributed by atoms with E-state index >= 15 is 0 Å². The molecule has 1 aromatic rings. The highest BCUT2D eigenvalue weighted by Gasteiger charge is 2.43. The van der Waals surface area contributed by atoms with Crippen LogP contribution in [0.3, 0.4) is 0 Å². The first-order valence-electron chi connectivity index (χ1n) is 6.06. The lowest BCUT2D eigenvalue weighted by atomic mass is 9.84. The summed E-state index contributed by atoms with van der Waals surface area (Å²) in [6.07, 6.45) is 2.24. The largest absolute Gasteiger partial charge is 0.327 e. The van der Waals surface area contributed by atoms with Crippen LogP contribution in [0.15, 0.2) is 12.1 Å². The maximum absolute atomic E-state index is 13.6. The minimum absolute atomic E-state index is 0.166. The van der Waals surface area contributed by atoms with Gasteiger partial charge in [0.05, 0.1) is 16.1 Å². The van der Waals surface area contributed by atoms with Crippen LogP contribution in [0.4, 0.5) is 14.5 Å². The van der Waals surface area contributed by atoms with Crippen molar-refractivity contribution in [2.24, 2.45) is 11.1 Å². The van der Waals surface area contributed by atoms with Crippen LogP contribution in [0, 0.1) is 17.0 Å². The third kappa shape index (κ3) is 2.58. The highest BCUT2D eigenvalue weighted by Crippen LogP contribution is 2.38. The smallest absolute Gasteiger partial charge is 0.231 e. The van der Waals surface area contributed by atoms with E-state index in [0.717, 1.165) is 18.9 Å². The summed E-state index contributed by atoms with van der Waals surface area (Å²) in [6.45, 7) is 1.75. The van der Waals surface area contributed by atoms with E-state index in [0.29, 0.717) is 12.5 Å². The van der Waals surface area contributed by atoms with Crippen molar-refractivity contribution in [3.63, 3.8) is 0 Å². The van der Waals surface area contributed by atoms with Crippen LogP contribution in [0.1, 0.15) is 26.2 Å². The first kappa shape index (κ1) is 14.2. The van der Waals surface area contributed by atoms with E-state index in [9.17, 15) is 13.6 Å². The normalized spacial score (nSPS) is 26.5. The SMILES string of the molecule is CC1(C(=O)Nc2c(F)cc(F)cc2Cl)CCCC1N. The Bertz CT molecular complexity index is 500. The van der Waals surface area contributed by atoms with Crippen molar-refractivity contribution in [2.45, 2.75) is 32.2 Å². The molecule has 0 saturated heterocycles. The molecule has 0 radical (unpaired) electrons. The fourth-order valence-corrected chi connectivity index (χ4v) is 2.63. The second-order valence-electron chi connectivity index (χ2n) is 5.11. The zero-order valence-electron chi connectivity index (χ0n) is 10.5. The first-order chi connectivity index (χ1) is 8.84. The Kier molecular flexibility index (Phi) is 3.78. The molecular weight excluding hydrogens is 274 g/mol. The zero-order valence-corrected chi connectivity index (χ0v) is 11.2. The average molecular weight is 289 g/mol. The molecule has 1 aliphatic rings. The summed E-state index contributed by atoms with van der Waals surface area (Å²) >= 11 is 5.74. The number of carbonyl (C=O) groups excluding carboxylic acids is 1. The number of nitrogens with two attached hydrogens (primary N) is 1. The Labute approximate surface area is 115 Å². The van der Waals surface area contributed by atoms with E-state index in [1.54, 1.807) is 6.92 Å². The second kappa shape index (κ2) is 5.06. The molecule has 2 atom stereocenters. The fourth-order valence-electron chi connectivity index (χ4n) is 2.39. The van der Waals surface area contributed by atoms with Crippen molar-refractivity contribution in [1.29, 1.82) is 0 Å². The number of hydrogen-bond acceptors (Lipinski definition) is 2. The molecule has 3 nitrogen and oxygen atoms in total. The quantitative estimate of drug-likeness (QED) is 0.879. The minimum Gasteiger partial charge on any atom is -0.327 e. The molecule has 104 valence electrons. The Hall–Kier alpha value is -1.20. The Morgan fingerprint density at radius 1 is 1.53 bits per heavy atom. The number of nitrogens with one attached hydrogen (secondary N) is 1. The van der Waals surface area contributed by atoms with Gasteiger partial charge in [-0.2, -0.15) is 0 Å². The molecule has 0 heterocycles. The summed E-state index contributed by atoms with van der Waals surface area (Å²) in [7, 11) is 0. The van der Waals surface area contributed by atoms with Gasteiger partial charge in [-0.25, -0.2) is 8.78 Å². The van der Waals surface area contributed by atoms with Gasteiger partial charge in [0, 0.05) is 12.1 Å². The van der Waals surface area contributed by atoms with Crippen LogP contribution in [-0.4, -0.2) is 11.9 Å². The van der Waals surface area contributed by atoms with E-state index in [-0.39, 0.29) is 22.7 Å². The van der Waals surface area contributed by atoms with Crippen molar-refractivity contribution in [2.75, 3.05) is 5.32 Å². The number of carbonyl (C=O) groups is 1. The molecule has 0 spiro atoms. The van der Waals surface area contributed by atoms with Crippen molar-refractivity contribution >= 4 is 23.2 Å². The summed E-state index contributed by atoms with van der Waals surface area (Å²) in [5, 5.41) is 2.26. The van der Waals surface area contributed by atoms with Crippen molar-refractivity contribution in [3.8, 4) is 0 Å². The van der Waals surface area contributed by atoms with Crippen molar-refractivity contribution < 1.29 is 13.6 Å². The molecule has 0 bridgehead atoms. The number of halogens is 3. The zero-order chi connectivity index (χ0) is 14.2. The van der Waals surface area contributed by atoms with Gasteiger partial charge in [0.1, 0.15) is 5.82 Å². The van der Waals surface area contributed by atoms with E-state index in [4.69, 9.17) is 17.3 Å². The molecule has 19 heavy (non-hydrogen) atoms. The molecule has 0 aromatic heterocycles. The lowest BCUT2D eigenvalue weighted by molar-refractivity contribution is -0.125. The van der Waals surface area contributed by atoms with Crippen molar-refractivity contribution in [3.05, 3.63) is 28.8 Å². The molecule has 3 N–H and O–H groups in total. The monoisotopic (exact) mass is 288 g/mol. The van der Waals surface area contributed by atoms with E-state index in [1.807, 2.05) is 0 Å². The molecule has 1 aromatic carbocycles. The van der Waals surface area contributed by atoms with Gasteiger partial charge in [0.25, 0.3) is 0 Å². The van der Waals surface area contributed by atoms with Gasteiger partial charge < -0.3 is 11.1 Å². The van der Waals surface area contributed by atoms with Gasteiger partial charge in [-0.1, -0.05) is 18.0 Å². The predicted molar refractivity (Wildman–Crippen MR) is 69.9 cm³/mol. The lowest BCUT2D eigenvalue weighted by Crippen LogP contribution is -2.44. The molecule has 0 aliphatic heterocycles. The van der Waals surface area contributed by atoms with Gasteiger partial charge in [-0.05, 0) is 25.8 Å². The Morgan fingerprint density at radius 2 is 2.21 bits per heavy atom. The highest BCUT2D eigenvalue weighted by atomic mass is 35.5. The first-order valence-corrected chi connectivity index (χ1v) is 6.44. The predicted octanol–water partition coefficient (Wildman–Crippen LogP) is 3.07. The molecule has 1 aliphatic carbocycles. The van der Waals surface area contributed by atoms with Crippen LogP contribution in [-0.2, 0) is 4.79 Å². The Morgan fingerprint density at radius 3 is 2.74 bits per heavy atom. The average Bonchev–Trinajstić information content (AvgIpc) is 2.65. The lowest BCUT2D eigenvalue weighted by Gasteiger charge is -2.27. The van der Waals surface area contributed by atoms with E-state index in [1.165, 1.54) is 0 Å². The number of amides is 1.